The van der Waals surface area contributed by atoms with Crippen LogP contribution >= 0.6 is 0 Å². The molecule has 318 valence electrons. The summed E-state index contributed by atoms with van der Waals surface area (Å²) < 4.78 is 0. The summed E-state index contributed by atoms with van der Waals surface area (Å²) >= 11 is 0. The maximum Gasteiger partial charge on any atom is 0.0643 e. The minimum Gasteiger partial charge on any atom is -0.332 e. The van der Waals surface area contributed by atoms with Gasteiger partial charge in [-0.05, 0) is 128 Å². The monoisotopic (exact) mass is 832 g/mol. The van der Waals surface area contributed by atoms with E-state index in [4.69, 9.17) is 0 Å². The Labute approximate surface area is 382 Å². The lowest BCUT2D eigenvalue weighted by molar-refractivity contribution is 0.485. The molecule has 4 aromatic carbocycles. The van der Waals surface area contributed by atoms with Gasteiger partial charge in [-0.3, -0.25) is 0 Å². The summed E-state index contributed by atoms with van der Waals surface area (Å²) in [5.41, 5.74) is 15.8. The van der Waals surface area contributed by atoms with Crippen molar-refractivity contribution in [2.75, 3.05) is 4.90 Å². The second kappa shape index (κ2) is 18.2. The van der Waals surface area contributed by atoms with E-state index in [0.29, 0.717) is 11.8 Å². The highest BCUT2D eigenvalue weighted by molar-refractivity contribution is 5.77. The zero-order valence-electron chi connectivity index (χ0n) is 37.5. The van der Waals surface area contributed by atoms with E-state index in [-0.39, 0.29) is 11.0 Å². The fourth-order valence-corrected chi connectivity index (χ4v) is 10.5. The van der Waals surface area contributed by atoms with Gasteiger partial charge in [-0.25, -0.2) is 0 Å². The van der Waals surface area contributed by atoms with Gasteiger partial charge in [0, 0.05) is 45.7 Å². The molecule has 10 rings (SSSR count). The first-order chi connectivity index (χ1) is 31.4. The molecule has 3 unspecified atom stereocenters. The fourth-order valence-electron chi connectivity index (χ4n) is 10.5. The molecule has 2 heteroatoms. The van der Waals surface area contributed by atoms with Gasteiger partial charge in [-0.15, -0.1) is 0 Å². The molecule has 0 heterocycles. The minimum atomic E-state index is -0.226. The highest BCUT2D eigenvalue weighted by Crippen LogP contribution is 2.45. The third-order valence-corrected chi connectivity index (χ3v) is 14.4. The molecular formula is C62H60N2. The van der Waals surface area contributed by atoms with Crippen LogP contribution in [0.1, 0.15) is 99.3 Å². The molecule has 64 heavy (non-hydrogen) atoms. The summed E-state index contributed by atoms with van der Waals surface area (Å²) in [6.45, 7) is 4.80. The highest BCUT2D eigenvalue weighted by atomic mass is 15.2. The quantitative estimate of drug-likeness (QED) is 0.149. The first-order valence-corrected chi connectivity index (χ1v) is 23.6. The van der Waals surface area contributed by atoms with Crippen LogP contribution in [0.15, 0.2) is 247 Å². The molecule has 0 saturated heterocycles. The van der Waals surface area contributed by atoms with Crippen molar-refractivity contribution in [2.45, 2.75) is 82.6 Å². The lowest BCUT2D eigenvalue weighted by atomic mass is 9.73. The summed E-state index contributed by atoms with van der Waals surface area (Å²) in [4.78, 5) is 5.12. The summed E-state index contributed by atoms with van der Waals surface area (Å²) in [5, 5.41) is 0. The average Bonchev–Trinajstić information content (AvgIpc) is 3.37. The largest absolute Gasteiger partial charge is 0.332 e. The smallest absolute Gasteiger partial charge is 0.0643 e. The van der Waals surface area contributed by atoms with Crippen LogP contribution in [0.25, 0.3) is 11.1 Å². The number of hydrogen-bond donors (Lipinski definition) is 0. The Bertz CT molecular complexity index is 2730. The molecule has 0 amide bonds. The maximum absolute atomic E-state index is 2.59. The molecular weight excluding hydrogens is 773 g/mol. The van der Waals surface area contributed by atoms with Crippen LogP contribution in [0.3, 0.4) is 0 Å². The molecule has 6 aliphatic carbocycles. The Morgan fingerprint density at radius 1 is 0.531 bits per heavy atom. The predicted molar refractivity (Wildman–Crippen MR) is 271 cm³/mol. The van der Waals surface area contributed by atoms with Gasteiger partial charge < -0.3 is 9.80 Å². The molecule has 4 atom stereocenters. The molecule has 6 aliphatic rings. The van der Waals surface area contributed by atoms with Crippen molar-refractivity contribution in [3.8, 4) is 0 Å². The Balaban J connectivity index is 0.907. The number of rotatable bonds is 11. The van der Waals surface area contributed by atoms with Gasteiger partial charge in [0.1, 0.15) is 0 Å². The Kier molecular flexibility index (Phi) is 11.8. The van der Waals surface area contributed by atoms with E-state index in [0.717, 1.165) is 51.4 Å². The van der Waals surface area contributed by atoms with Crippen LogP contribution in [-0.2, 0) is 0 Å². The average molecular weight is 833 g/mol. The molecule has 2 nitrogen and oxygen atoms in total. The van der Waals surface area contributed by atoms with Gasteiger partial charge >= 0.3 is 0 Å². The highest BCUT2D eigenvalue weighted by Gasteiger charge is 2.36. The summed E-state index contributed by atoms with van der Waals surface area (Å²) in [7, 11) is 0. The first kappa shape index (κ1) is 41.4. The number of allylic oxidation sites excluding steroid dienone is 19. The maximum atomic E-state index is 2.59. The van der Waals surface area contributed by atoms with Crippen molar-refractivity contribution in [2.24, 2.45) is 5.41 Å². The third kappa shape index (κ3) is 8.67. The first-order valence-electron chi connectivity index (χ1n) is 23.6. The molecule has 0 radical (unpaired) electrons. The van der Waals surface area contributed by atoms with Crippen LogP contribution in [0.4, 0.5) is 5.69 Å². The molecule has 0 spiro atoms. The summed E-state index contributed by atoms with van der Waals surface area (Å²) in [6.07, 6.45) is 48.8. The van der Waals surface area contributed by atoms with Crippen LogP contribution in [0.5, 0.6) is 0 Å². The molecule has 0 bridgehead atoms. The van der Waals surface area contributed by atoms with Crippen molar-refractivity contribution >= 4 is 16.8 Å². The Morgan fingerprint density at radius 2 is 1.19 bits per heavy atom. The number of nitrogens with zero attached hydrogens (tertiary/aromatic N) is 2. The van der Waals surface area contributed by atoms with Crippen molar-refractivity contribution in [3.05, 3.63) is 269 Å². The van der Waals surface area contributed by atoms with E-state index in [9.17, 15) is 0 Å². The van der Waals surface area contributed by atoms with Crippen molar-refractivity contribution in [3.63, 3.8) is 0 Å². The zero-order valence-corrected chi connectivity index (χ0v) is 37.5. The summed E-state index contributed by atoms with van der Waals surface area (Å²) in [6, 6.07) is 42.0. The van der Waals surface area contributed by atoms with Crippen LogP contribution < -0.4 is 4.90 Å². The van der Waals surface area contributed by atoms with Gasteiger partial charge in [0.2, 0.25) is 0 Å². The molecule has 0 aromatic heterocycles. The Hall–Kier alpha value is -6.64. The molecule has 0 saturated carbocycles. The van der Waals surface area contributed by atoms with E-state index in [1.807, 2.05) is 0 Å². The van der Waals surface area contributed by atoms with Gasteiger partial charge in [0.05, 0.1) is 5.54 Å². The van der Waals surface area contributed by atoms with E-state index >= 15 is 0 Å². The zero-order chi connectivity index (χ0) is 43.4. The van der Waals surface area contributed by atoms with E-state index in [1.165, 1.54) is 67.4 Å². The fraction of sp³-hybridized carbons (Fsp3) is 0.226. The van der Waals surface area contributed by atoms with Gasteiger partial charge in [0.25, 0.3) is 0 Å². The lowest BCUT2D eigenvalue weighted by Gasteiger charge is -2.44. The second-order valence-corrected chi connectivity index (χ2v) is 18.7. The van der Waals surface area contributed by atoms with E-state index in [2.05, 4.69) is 242 Å². The molecule has 0 aliphatic heterocycles. The number of anilines is 1. The van der Waals surface area contributed by atoms with Crippen molar-refractivity contribution in [1.29, 1.82) is 0 Å². The third-order valence-electron chi connectivity index (χ3n) is 14.4. The van der Waals surface area contributed by atoms with Crippen LogP contribution in [0.2, 0.25) is 0 Å². The number of benzene rings is 4. The topological polar surface area (TPSA) is 6.48 Å². The van der Waals surface area contributed by atoms with Gasteiger partial charge in [-0.1, -0.05) is 195 Å². The van der Waals surface area contributed by atoms with Crippen molar-refractivity contribution < 1.29 is 0 Å². The molecule has 0 fully saturated rings. The normalized spacial score (nSPS) is 25.0. The standard InChI is InChI=1S/C62H60N2/c1-61(55-21-13-6-14-22-55)43-41-60(42-44-61)64(62(2)45-39-54(40-46-62)49-19-11-5-12-20-49)59-37-29-53(30-38-59)52-27-35-58(36-28-52)63(56-31-23-50(24-32-56)47-15-7-3-8-16-47)57-33-25-51(26-34-57)48-17-9-4-10-18-48/h3-13,15-21,23,25,27,29-33,35-43,45,50,52H,14,22,24,26,28,34,44,46H2,1-2H3/t50?,52?,61?,62-/m1/s1. The second-order valence-electron chi connectivity index (χ2n) is 18.7. The summed E-state index contributed by atoms with van der Waals surface area (Å²) in [5.74, 6) is 0.712. The minimum absolute atomic E-state index is 0.0481. The molecule has 4 aromatic rings. The SMILES string of the molecule is CC1(C2=CC=CCC2)C=CC(N(c2ccc(C3C=CC(N(C4=CCC(c5ccccc5)C=C4)C4=CC=C(c5ccccc5)CC4)=CC3)cc2)[C@]2(C)C=CC(c3ccccc3)=CC2)=CC1. The molecule has 0 N–H and O–H groups in total. The van der Waals surface area contributed by atoms with Gasteiger partial charge in [0.15, 0.2) is 0 Å². The predicted octanol–water partition coefficient (Wildman–Crippen LogP) is 16.0. The van der Waals surface area contributed by atoms with Crippen LogP contribution in [-0.4, -0.2) is 10.4 Å². The van der Waals surface area contributed by atoms with E-state index < -0.39 is 0 Å². The number of hydrogen-bond acceptors (Lipinski definition) is 2. The van der Waals surface area contributed by atoms with Crippen LogP contribution in [0, 0.1) is 5.41 Å². The van der Waals surface area contributed by atoms with E-state index in [1.54, 1.807) is 0 Å². The Morgan fingerprint density at radius 3 is 1.73 bits per heavy atom. The lowest BCUT2D eigenvalue weighted by Crippen LogP contribution is -2.45. The van der Waals surface area contributed by atoms with Crippen molar-refractivity contribution in [1.82, 2.24) is 4.90 Å². The van der Waals surface area contributed by atoms with Gasteiger partial charge in [-0.2, -0.15) is 0 Å².